The molecule has 1 atom stereocenters. The zero-order valence-electron chi connectivity index (χ0n) is 43.5. The molecular formula is C55H68ClN7O13S2. The van der Waals surface area contributed by atoms with E-state index >= 15 is 0 Å². The van der Waals surface area contributed by atoms with Gasteiger partial charge in [-0.1, -0.05) is 54.8 Å². The molecule has 5 amide bonds. The van der Waals surface area contributed by atoms with Gasteiger partial charge in [0.25, 0.3) is 17.7 Å². The van der Waals surface area contributed by atoms with Crippen LogP contribution in [0.25, 0.3) is 0 Å². The summed E-state index contributed by atoms with van der Waals surface area (Å²) in [5.74, 6) is -2.43. The van der Waals surface area contributed by atoms with Crippen LogP contribution in [0.4, 0.5) is 5.69 Å². The van der Waals surface area contributed by atoms with Gasteiger partial charge in [-0.2, -0.15) is 8.61 Å². The van der Waals surface area contributed by atoms with Crippen LogP contribution in [0.5, 0.6) is 0 Å². The minimum Gasteiger partial charge on any atom is -0.382 e. The number of nitrogens with zero attached hydrogens (tertiary/aromatic N) is 3. The average molecular weight is 1130 g/mol. The van der Waals surface area contributed by atoms with Crippen molar-refractivity contribution in [2.45, 2.75) is 86.3 Å². The van der Waals surface area contributed by atoms with Crippen LogP contribution >= 0.6 is 11.6 Å². The molecule has 0 bridgehead atoms. The number of ether oxygens (including phenoxy) is 4. The van der Waals surface area contributed by atoms with E-state index in [1.165, 1.54) is 38.9 Å². The second kappa shape index (κ2) is 28.0. The van der Waals surface area contributed by atoms with Gasteiger partial charge in [-0.15, -0.1) is 0 Å². The highest BCUT2D eigenvalue weighted by Gasteiger charge is 2.45. The Morgan fingerprint density at radius 3 is 1.86 bits per heavy atom. The Bertz CT molecular complexity index is 2940. The molecule has 420 valence electrons. The number of amides is 5. The number of fused-ring (bicyclic) bond motifs is 1. The molecule has 2 saturated heterocycles. The van der Waals surface area contributed by atoms with Crippen molar-refractivity contribution >= 4 is 66.9 Å². The molecule has 78 heavy (non-hydrogen) atoms. The van der Waals surface area contributed by atoms with E-state index in [0.717, 1.165) is 62.1 Å². The number of halogens is 1. The van der Waals surface area contributed by atoms with E-state index in [0.29, 0.717) is 74.6 Å². The van der Waals surface area contributed by atoms with Crippen LogP contribution in [0, 0.1) is 5.92 Å². The summed E-state index contributed by atoms with van der Waals surface area (Å²) in [4.78, 5) is 64.3. The molecule has 4 N–H and O–H groups in total. The Morgan fingerprint density at radius 1 is 0.654 bits per heavy atom. The maximum atomic E-state index is 14.4. The standard InChI is InChI=1S/C55H68ClN7O13S2/c56-43-14-10-40(11-15-43)38-62(44-4-1-2-5-44)78(71,72)46-18-16-45(17-19-46)77(69,70)61(37-41-22-24-57-25-23-41)36-39-8-12-42(13-9-39)52(65)59-27-29-74-31-33-76-35-34-75-32-30-73-28-26-58-48-7-3-6-47-51(48)55(68)63(54(47)67)49-20-21-50(64)60-53(49)66/h3,6-19,41,44,49,57-58H,1-2,4-5,20-38H2,(H,59,65)(H,60,64,66). The van der Waals surface area contributed by atoms with Gasteiger partial charge in [-0.3, -0.25) is 34.2 Å². The van der Waals surface area contributed by atoms with Gasteiger partial charge in [-0.25, -0.2) is 16.8 Å². The number of carbonyl (C=O) groups excluding carboxylic acids is 5. The predicted molar refractivity (Wildman–Crippen MR) is 290 cm³/mol. The van der Waals surface area contributed by atoms with Crippen LogP contribution in [-0.4, -0.2) is 158 Å². The SMILES string of the molecule is O=C1CCC(N2C(=O)c3cccc(NCCOCCOCCOCCOCCNC(=O)c4ccc(CN(CC5CCNCC5)S(=O)(=O)c5ccc(S(=O)(=O)N(Cc6ccc(Cl)cc6)C6CCCC6)cc5)cc4)c3C2=O)C(=O)N1. The van der Waals surface area contributed by atoms with Gasteiger partial charge >= 0.3 is 0 Å². The summed E-state index contributed by atoms with van der Waals surface area (Å²) in [6, 6.07) is 23.1. The first kappa shape index (κ1) is 58.5. The average Bonchev–Trinajstić information content (AvgIpc) is 4.20. The molecule has 3 fully saturated rings. The van der Waals surface area contributed by atoms with Crippen molar-refractivity contribution in [1.82, 2.24) is 29.5 Å². The zero-order chi connectivity index (χ0) is 55.1. The Labute approximate surface area is 460 Å². The molecule has 1 unspecified atom stereocenters. The lowest BCUT2D eigenvalue weighted by molar-refractivity contribution is -0.136. The first-order valence-electron chi connectivity index (χ1n) is 26.5. The maximum Gasteiger partial charge on any atom is 0.264 e. The van der Waals surface area contributed by atoms with Crippen molar-refractivity contribution in [2.75, 3.05) is 90.9 Å². The summed E-state index contributed by atoms with van der Waals surface area (Å²) in [6.07, 6.45) is 5.14. The number of hydrogen-bond acceptors (Lipinski definition) is 15. The number of rotatable bonds is 29. The summed E-state index contributed by atoms with van der Waals surface area (Å²) in [5, 5.41) is 12.1. The van der Waals surface area contributed by atoms with E-state index < -0.39 is 49.7 Å². The summed E-state index contributed by atoms with van der Waals surface area (Å²) in [7, 11) is -8.05. The van der Waals surface area contributed by atoms with Gasteiger partial charge < -0.3 is 34.9 Å². The molecule has 8 rings (SSSR count). The quantitative estimate of drug-likeness (QED) is 0.0414. The third-order valence-corrected chi connectivity index (χ3v) is 18.2. The molecular weight excluding hydrogens is 1070 g/mol. The number of nitrogens with one attached hydrogen (secondary N) is 4. The van der Waals surface area contributed by atoms with E-state index in [1.807, 2.05) is 12.1 Å². The van der Waals surface area contributed by atoms with Crippen molar-refractivity contribution in [1.29, 1.82) is 0 Å². The van der Waals surface area contributed by atoms with Gasteiger partial charge in [0.1, 0.15) is 6.04 Å². The highest BCUT2D eigenvalue weighted by Crippen LogP contribution is 2.34. The molecule has 0 aromatic heterocycles. The monoisotopic (exact) mass is 1130 g/mol. The molecule has 1 saturated carbocycles. The summed E-state index contributed by atoms with van der Waals surface area (Å²) < 4.78 is 82.6. The number of imide groups is 2. The first-order chi connectivity index (χ1) is 37.7. The van der Waals surface area contributed by atoms with Crippen LogP contribution in [0.15, 0.2) is 101 Å². The number of sulfonamides is 2. The van der Waals surface area contributed by atoms with E-state index in [-0.39, 0.29) is 84.4 Å². The number of piperidine rings is 2. The minimum atomic E-state index is -4.07. The van der Waals surface area contributed by atoms with Gasteiger partial charge in [0.2, 0.25) is 31.9 Å². The second-order valence-corrected chi connectivity index (χ2v) is 23.8. The van der Waals surface area contributed by atoms with Gasteiger partial charge in [-0.05, 0) is 123 Å². The van der Waals surface area contributed by atoms with Crippen molar-refractivity contribution in [3.63, 3.8) is 0 Å². The molecule has 20 nitrogen and oxygen atoms in total. The molecule has 0 radical (unpaired) electrons. The van der Waals surface area contributed by atoms with Gasteiger partial charge in [0, 0.05) is 61.5 Å². The van der Waals surface area contributed by atoms with Crippen LogP contribution in [0.2, 0.25) is 5.02 Å². The summed E-state index contributed by atoms with van der Waals surface area (Å²) >= 11 is 6.11. The largest absolute Gasteiger partial charge is 0.382 e. The number of carbonyl (C=O) groups is 5. The van der Waals surface area contributed by atoms with Crippen molar-refractivity contribution < 1.29 is 59.8 Å². The zero-order valence-corrected chi connectivity index (χ0v) is 45.9. The normalized spacial score (nSPS) is 17.5. The highest BCUT2D eigenvalue weighted by atomic mass is 35.5. The van der Waals surface area contributed by atoms with E-state index in [9.17, 15) is 40.8 Å². The Balaban J connectivity index is 0.709. The fourth-order valence-corrected chi connectivity index (χ4v) is 13.3. The fraction of sp³-hybridized carbons (Fsp3) is 0.473. The van der Waals surface area contributed by atoms with Crippen LogP contribution < -0.4 is 21.3 Å². The highest BCUT2D eigenvalue weighted by molar-refractivity contribution is 7.89. The summed E-state index contributed by atoms with van der Waals surface area (Å²) in [6.45, 7) is 5.23. The molecule has 23 heteroatoms. The lowest BCUT2D eigenvalue weighted by atomic mass is 9.98. The minimum absolute atomic E-state index is 0.00126. The molecule has 3 heterocycles. The first-order valence-corrected chi connectivity index (χ1v) is 29.8. The fourth-order valence-electron chi connectivity index (χ4n) is 10.0. The number of hydrogen-bond donors (Lipinski definition) is 4. The molecule has 4 aliphatic rings. The van der Waals surface area contributed by atoms with Crippen LogP contribution in [0.3, 0.4) is 0 Å². The topological polar surface area (TPSA) is 248 Å². The summed E-state index contributed by atoms with van der Waals surface area (Å²) in [5.41, 5.74) is 2.74. The maximum absolute atomic E-state index is 14.4. The number of benzene rings is 4. The van der Waals surface area contributed by atoms with Gasteiger partial charge in [0.15, 0.2) is 0 Å². The van der Waals surface area contributed by atoms with Crippen LogP contribution in [0.1, 0.15) is 93.6 Å². The van der Waals surface area contributed by atoms with Crippen molar-refractivity contribution in [3.8, 4) is 0 Å². The second-order valence-electron chi connectivity index (χ2n) is 19.6. The molecule has 4 aromatic rings. The Hall–Kier alpha value is -5.66. The van der Waals surface area contributed by atoms with Crippen molar-refractivity contribution in [3.05, 3.63) is 124 Å². The van der Waals surface area contributed by atoms with E-state index in [1.54, 1.807) is 48.5 Å². The smallest absolute Gasteiger partial charge is 0.264 e. The molecule has 1 aliphatic carbocycles. The third kappa shape index (κ3) is 15.2. The predicted octanol–water partition coefficient (Wildman–Crippen LogP) is 4.97. The molecule has 0 spiro atoms. The van der Waals surface area contributed by atoms with Crippen molar-refractivity contribution in [2.24, 2.45) is 5.92 Å². The van der Waals surface area contributed by atoms with E-state index in [2.05, 4.69) is 21.3 Å². The third-order valence-electron chi connectivity index (χ3n) is 14.2. The Kier molecular flexibility index (Phi) is 21.0. The lowest BCUT2D eigenvalue weighted by Crippen LogP contribution is -2.54. The Morgan fingerprint density at radius 2 is 1.23 bits per heavy atom. The van der Waals surface area contributed by atoms with Crippen LogP contribution in [-0.2, 0) is 61.7 Å². The number of anilines is 1. The lowest BCUT2D eigenvalue weighted by Gasteiger charge is -2.30. The van der Waals surface area contributed by atoms with Gasteiger partial charge in [0.05, 0.1) is 73.8 Å². The van der Waals surface area contributed by atoms with E-state index in [4.69, 9.17) is 30.5 Å². The molecule has 4 aromatic carbocycles. The molecule has 3 aliphatic heterocycles.